The Morgan fingerprint density at radius 1 is 1.14 bits per heavy atom. The number of rotatable bonds is 6. The van der Waals surface area contributed by atoms with Crippen LogP contribution in [-0.4, -0.2) is 85.2 Å². The minimum Gasteiger partial charge on any atom is -0.461 e. The van der Waals surface area contributed by atoms with E-state index < -0.39 is 17.2 Å². The number of nitriles is 1. The van der Waals surface area contributed by atoms with Crippen LogP contribution in [0.5, 0.6) is 6.01 Å². The lowest BCUT2D eigenvalue weighted by molar-refractivity contribution is 0.0443. The second kappa shape index (κ2) is 10.3. The van der Waals surface area contributed by atoms with Gasteiger partial charge in [0.1, 0.15) is 23.8 Å². The summed E-state index contributed by atoms with van der Waals surface area (Å²) in [5, 5.41) is 25.4. The number of hydrogen-bond acceptors (Lipinski definition) is 13. The van der Waals surface area contributed by atoms with Crippen LogP contribution in [0.3, 0.4) is 0 Å². The molecule has 3 aliphatic heterocycles. The van der Waals surface area contributed by atoms with Crippen LogP contribution < -0.4 is 15.4 Å². The van der Waals surface area contributed by atoms with E-state index in [4.69, 9.17) is 25.0 Å². The van der Waals surface area contributed by atoms with E-state index in [1.807, 2.05) is 11.8 Å². The number of alkyl halides is 1. The number of aromatic nitrogens is 5. The molecule has 0 spiro atoms. The van der Waals surface area contributed by atoms with Gasteiger partial charge in [-0.2, -0.15) is 25.2 Å². The summed E-state index contributed by atoms with van der Waals surface area (Å²) in [4.78, 5) is 23.8. The number of nitrogens with two attached hydrogens (primary N) is 1. The van der Waals surface area contributed by atoms with Crippen LogP contribution in [0, 0.1) is 11.3 Å². The first-order valence-corrected chi connectivity index (χ1v) is 15.8. The Kier molecular flexibility index (Phi) is 6.83. The van der Waals surface area contributed by atoms with Crippen molar-refractivity contribution < 1.29 is 18.8 Å². The number of anilines is 2. The number of piperidine rings is 1. The second-order valence-corrected chi connectivity index (χ2v) is 14.1. The number of nitrogens with zero attached hydrogens (tertiary/aromatic N) is 8. The van der Waals surface area contributed by atoms with Gasteiger partial charge >= 0.3 is 6.01 Å². The molecule has 0 amide bonds. The van der Waals surface area contributed by atoms with E-state index in [0.717, 1.165) is 55.5 Å². The molecule has 12 nitrogen and oxygen atoms in total. The molecule has 7 rings (SSSR count). The lowest BCUT2D eigenvalue weighted by Gasteiger charge is -2.36. The van der Waals surface area contributed by atoms with Gasteiger partial charge in [0.05, 0.1) is 22.1 Å². The van der Waals surface area contributed by atoms with E-state index in [9.17, 15) is 14.8 Å². The monoisotopic (exact) mass is 609 g/mol. The van der Waals surface area contributed by atoms with Crippen molar-refractivity contribution in [1.82, 2.24) is 30.0 Å². The second-order valence-electron chi connectivity index (χ2n) is 13.0. The molecule has 14 heteroatoms. The molecule has 3 aromatic rings. The van der Waals surface area contributed by atoms with E-state index >= 15 is 0 Å². The van der Waals surface area contributed by atoms with Crippen LogP contribution in [0.2, 0.25) is 0 Å². The minimum atomic E-state index is -0.886. The molecule has 4 atom stereocenters. The summed E-state index contributed by atoms with van der Waals surface area (Å²) in [6.45, 7) is 6.37. The molecule has 3 N–H and O–H groups in total. The first-order valence-electron chi connectivity index (χ1n) is 15.0. The first-order chi connectivity index (χ1) is 20.6. The van der Waals surface area contributed by atoms with Crippen LogP contribution in [0.15, 0.2) is 4.52 Å². The summed E-state index contributed by atoms with van der Waals surface area (Å²) < 4.78 is 26.5. The number of halogens is 1. The Balaban J connectivity index is 1.24. The molecule has 0 saturated carbocycles. The van der Waals surface area contributed by atoms with Gasteiger partial charge in [0, 0.05) is 36.5 Å². The Hall–Kier alpha value is -3.41. The molecule has 3 saturated heterocycles. The summed E-state index contributed by atoms with van der Waals surface area (Å²) in [6.07, 6.45) is 5.35. The SMILES string of the molecule is C[C@@]1(O)CCCN(c2nc(OC[C@@]34CCCN3C[C@H](F)C4)nc(-c3noc([C@]4(C)CCCc5sc(N)c(C#N)c54)n3)n2)C1. The molecular formula is C29H36FN9O3S. The van der Waals surface area contributed by atoms with Gasteiger partial charge in [-0.05, 0) is 65.3 Å². The number of aliphatic hydroxyl groups is 1. The van der Waals surface area contributed by atoms with Gasteiger partial charge in [0.15, 0.2) is 0 Å². The predicted octanol–water partition coefficient (Wildman–Crippen LogP) is 3.39. The zero-order chi connectivity index (χ0) is 30.0. The number of hydrogen-bond donors (Lipinski definition) is 2. The molecule has 0 unspecified atom stereocenters. The van der Waals surface area contributed by atoms with Crippen molar-refractivity contribution >= 4 is 22.3 Å². The van der Waals surface area contributed by atoms with Crippen LogP contribution in [-0.2, 0) is 11.8 Å². The summed E-state index contributed by atoms with van der Waals surface area (Å²) in [5.74, 6) is 1.07. The highest BCUT2D eigenvalue weighted by molar-refractivity contribution is 7.16. The van der Waals surface area contributed by atoms with Gasteiger partial charge in [-0.3, -0.25) is 4.90 Å². The number of aryl methyl sites for hydroxylation is 1. The number of nitrogen functional groups attached to an aromatic ring is 1. The summed E-state index contributed by atoms with van der Waals surface area (Å²) in [6, 6.07) is 2.37. The highest BCUT2D eigenvalue weighted by atomic mass is 32.1. The maximum atomic E-state index is 14.4. The number of β-amino-alcohol motifs (C(OH)–C–C–N with tert-alkyl or cyclic N) is 1. The van der Waals surface area contributed by atoms with E-state index in [1.54, 1.807) is 6.92 Å². The van der Waals surface area contributed by atoms with Gasteiger partial charge < -0.3 is 25.0 Å². The standard InChI is InChI=1S/C29H36FN9O3S/c1-27(40)7-4-10-38(15-27)25-34-22(35-26(36-25)41-16-29-9-5-11-39(29)14-17(30)12-29)23-33-24(42-37-23)28(2)8-3-6-19-20(28)18(13-31)21(32)43-19/h17,40H,3-12,14-16,32H2,1-2H3/t17-,27-,28-,29+/m1/s1. The summed E-state index contributed by atoms with van der Waals surface area (Å²) in [7, 11) is 0. The summed E-state index contributed by atoms with van der Waals surface area (Å²) in [5.41, 5.74) is 5.60. The zero-order valence-corrected chi connectivity index (χ0v) is 25.3. The fourth-order valence-electron chi connectivity index (χ4n) is 7.54. The van der Waals surface area contributed by atoms with Crippen LogP contribution >= 0.6 is 11.3 Å². The van der Waals surface area contributed by atoms with Crippen molar-refractivity contribution in [3.63, 3.8) is 0 Å². The normalized spacial score (nSPS) is 30.7. The molecule has 0 bridgehead atoms. The molecule has 4 aliphatic rings. The average Bonchev–Trinajstić information content (AvgIpc) is 3.74. The maximum absolute atomic E-state index is 14.4. The van der Waals surface area contributed by atoms with Gasteiger partial charge in [0.2, 0.25) is 23.5 Å². The topological polar surface area (TPSA) is 163 Å². The maximum Gasteiger partial charge on any atom is 0.321 e. The Labute approximate surface area is 253 Å². The van der Waals surface area contributed by atoms with E-state index in [0.29, 0.717) is 54.9 Å². The molecule has 1 aliphatic carbocycles. The molecule has 0 aromatic carbocycles. The van der Waals surface area contributed by atoms with Crippen molar-refractivity contribution in [1.29, 1.82) is 5.26 Å². The van der Waals surface area contributed by atoms with Crippen LogP contribution in [0.25, 0.3) is 11.6 Å². The minimum absolute atomic E-state index is 0.101. The third-order valence-corrected chi connectivity index (χ3v) is 10.7. The van der Waals surface area contributed by atoms with Crippen LogP contribution in [0.4, 0.5) is 15.3 Å². The van der Waals surface area contributed by atoms with Crippen molar-refractivity contribution in [2.45, 2.75) is 87.9 Å². The third-order valence-electron chi connectivity index (χ3n) is 9.64. The van der Waals surface area contributed by atoms with Gasteiger partial charge in [-0.1, -0.05) is 5.16 Å². The fraction of sp³-hybridized carbons (Fsp3) is 0.655. The van der Waals surface area contributed by atoms with Crippen molar-refractivity contribution in [2.24, 2.45) is 0 Å². The highest BCUT2D eigenvalue weighted by Gasteiger charge is 2.49. The average molecular weight is 610 g/mol. The Bertz CT molecular complexity index is 1590. The quantitative estimate of drug-likeness (QED) is 0.419. The molecule has 3 fully saturated rings. The van der Waals surface area contributed by atoms with E-state index in [-0.39, 0.29) is 29.8 Å². The van der Waals surface area contributed by atoms with Gasteiger partial charge in [-0.25, -0.2) is 4.39 Å². The molecular weight excluding hydrogens is 573 g/mol. The molecule has 43 heavy (non-hydrogen) atoms. The number of fused-ring (bicyclic) bond motifs is 2. The summed E-state index contributed by atoms with van der Waals surface area (Å²) >= 11 is 1.45. The molecule has 0 radical (unpaired) electrons. The lowest BCUT2D eigenvalue weighted by atomic mass is 9.72. The number of thiophene rings is 1. The van der Waals surface area contributed by atoms with E-state index in [1.165, 1.54) is 11.3 Å². The molecule has 228 valence electrons. The first kappa shape index (κ1) is 28.4. The highest BCUT2D eigenvalue weighted by Crippen LogP contribution is 2.48. The van der Waals surface area contributed by atoms with Crippen molar-refractivity contribution in [3.05, 3.63) is 21.9 Å². The lowest BCUT2D eigenvalue weighted by Crippen LogP contribution is -2.47. The van der Waals surface area contributed by atoms with Gasteiger partial charge in [0.25, 0.3) is 0 Å². The molecule has 6 heterocycles. The molecule has 3 aromatic heterocycles. The third kappa shape index (κ3) is 4.91. The number of ether oxygens (including phenoxy) is 1. The van der Waals surface area contributed by atoms with Crippen molar-refractivity contribution in [2.75, 3.05) is 43.4 Å². The fourth-order valence-corrected chi connectivity index (χ4v) is 8.73. The van der Waals surface area contributed by atoms with Crippen molar-refractivity contribution in [3.8, 4) is 23.7 Å². The largest absolute Gasteiger partial charge is 0.461 e. The van der Waals surface area contributed by atoms with Gasteiger partial charge in [-0.15, -0.1) is 11.3 Å². The smallest absolute Gasteiger partial charge is 0.321 e. The Morgan fingerprint density at radius 3 is 2.79 bits per heavy atom. The zero-order valence-electron chi connectivity index (χ0n) is 24.5. The predicted molar refractivity (Wildman–Crippen MR) is 157 cm³/mol. The van der Waals surface area contributed by atoms with E-state index in [2.05, 4.69) is 26.1 Å². The Morgan fingerprint density at radius 2 is 1.98 bits per heavy atom. The van der Waals surface area contributed by atoms with Crippen LogP contribution in [0.1, 0.15) is 80.7 Å².